The normalized spacial score (nSPS) is 10.3. The molecule has 0 aliphatic rings. The van der Waals surface area contributed by atoms with Crippen LogP contribution in [0, 0.1) is 0 Å². The van der Waals surface area contributed by atoms with Crippen LogP contribution in [-0.2, 0) is 0 Å². The van der Waals surface area contributed by atoms with Crippen molar-refractivity contribution in [3.8, 4) is 16.9 Å². The Kier molecular flexibility index (Phi) is 5.42. The molecule has 0 heterocycles. The Morgan fingerprint density at radius 1 is 0.815 bits per heavy atom. The molecule has 0 aliphatic heterocycles. The van der Waals surface area contributed by atoms with Crippen molar-refractivity contribution >= 4 is 39.3 Å². The van der Waals surface area contributed by atoms with E-state index in [9.17, 15) is 14.7 Å². The summed E-state index contributed by atoms with van der Waals surface area (Å²) in [5.74, 6) is -1.31. The molecule has 4 N–H and O–H groups in total. The fraction of sp³-hybridized carbons (Fsp3) is 0. The van der Waals surface area contributed by atoms with E-state index in [-0.39, 0.29) is 11.3 Å². The van der Waals surface area contributed by atoms with Gasteiger partial charge in [-0.25, -0.2) is 9.59 Å². The van der Waals surface area contributed by atoms with Gasteiger partial charge in [0.25, 0.3) is 0 Å². The number of rotatable bonds is 4. The Morgan fingerprint density at radius 2 is 1.44 bits per heavy atom. The second-order valence-electron chi connectivity index (χ2n) is 5.64. The van der Waals surface area contributed by atoms with E-state index in [2.05, 4.69) is 26.6 Å². The van der Waals surface area contributed by atoms with E-state index in [0.29, 0.717) is 22.5 Å². The number of halogens is 1. The van der Waals surface area contributed by atoms with Crippen LogP contribution in [0.25, 0.3) is 11.1 Å². The number of carboxylic acid groups (broad SMARTS) is 1. The van der Waals surface area contributed by atoms with Crippen molar-refractivity contribution in [2.24, 2.45) is 0 Å². The number of nitrogens with one attached hydrogen (secondary N) is 2. The van der Waals surface area contributed by atoms with Gasteiger partial charge in [0.05, 0.1) is 16.9 Å². The van der Waals surface area contributed by atoms with Gasteiger partial charge in [0.1, 0.15) is 5.75 Å². The van der Waals surface area contributed by atoms with Gasteiger partial charge in [-0.05, 0) is 52.3 Å². The number of carboxylic acids is 1. The number of para-hydroxylation sites is 2. The molecule has 6 nitrogen and oxygen atoms in total. The van der Waals surface area contributed by atoms with Crippen molar-refractivity contribution in [1.82, 2.24) is 0 Å². The topological polar surface area (TPSA) is 98.7 Å². The van der Waals surface area contributed by atoms with Gasteiger partial charge in [-0.15, -0.1) is 0 Å². The molecule has 0 radical (unpaired) electrons. The maximum absolute atomic E-state index is 12.4. The summed E-state index contributed by atoms with van der Waals surface area (Å²) in [6.07, 6.45) is 0. The van der Waals surface area contributed by atoms with Crippen molar-refractivity contribution in [3.05, 3.63) is 76.8 Å². The van der Waals surface area contributed by atoms with Crippen LogP contribution in [0.5, 0.6) is 5.75 Å². The number of carbonyl (C=O) groups is 2. The molecule has 3 aromatic rings. The minimum atomic E-state index is -1.13. The molecular formula is C20H15BrN2O4. The quantitative estimate of drug-likeness (QED) is 0.462. The van der Waals surface area contributed by atoms with Gasteiger partial charge in [-0.3, -0.25) is 0 Å². The van der Waals surface area contributed by atoms with Gasteiger partial charge in [0.15, 0.2) is 0 Å². The molecule has 0 bridgehead atoms. The molecule has 0 aliphatic carbocycles. The van der Waals surface area contributed by atoms with Crippen LogP contribution in [0.1, 0.15) is 10.4 Å². The average Bonchev–Trinajstić information content (AvgIpc) is 2.64. The lowest BCUT2D eigenvalue weighted by Gasteiger charge is -2.14. The fourth-order valence-corrected chi connectivity index (χ4v) is 2.94. The van der Waals surface area contributed by atoms with Gasteiger partial charge >= 0.3 is 12.0 Å². The maximum atomic E-state index is 12.4. The summed E-state index contributed by atoms with van der Waals surface area (Å²) in [6.45, 7) is 0. The lowest BCUT2D eigenvalue weighted by molar-refractivity contribution is 0.0696. The van der Waals surface area contributed by atoms with Gasteiger partial charge < -0.3 is 20.8 Å². The standard InChI is InChI=1S/C20H15BrN2O4/c21-15-6-2-4-8-17(15)23-20(27)22-16-7-3-1-5-13(16)14-10-9-12(19(25)26)11-18(14)24/h1-11,24H,(H,25,26)(H2,22,23,27). The Labute approximate surface area is 163 Å². The van der Waals surface area contributed by atoms with Crippen LogP contribution >= 0.6 is 15.9 Å². The molecule has 0 saturated carbocycles. The fourth-order valence-electron chi connectivity index (χ4n) is 2.56. The Morgan fingerprint density at radius 3 is 2.11 bits per heavy atom. The first-order valence-corrected chi connectivity index (χ1v) is 8.73. The van der Waals surface area contributed by atoms with E-state index >= 15 is 0 Å². The zero-order chi connectivity index (χ0) is 19.4. The first-order valence-electron chi connectivity index (χ1n) is 7.94. The van der Waals surface area contributed by atoms with Crippen LogP contribution in [-0.4, -0.2) is 22.2 Å². The molecule has 0 saturated heterocycles. The number of amides is 2. The second kappa shape index (κ2) is 7.92. The van der Waals surface area contributed by atoms with Gasteiger partial charge in [0.2, 0.25) is 0 Å². The summed E-state index contributed by atoms with van der Waals surface area (Å²) in [7, 11) is 0. The van der Waals surface area contributed by atoms with Crippen molar-refractivity contribution in [1.29, 1.82) is 0 Å². The molecule has 0 fully saturated rings. The number of phenols is 1. The Hall–Kier alpha value is -3.32. The number of phenolic OH excluding ortho intramolecular Hbond substituents is 1. The van der Waals surface area contributed by atoms with Crippen molar-refractivity contribution in [2.45, 2.75) is 0 Å². The SMILES string of the molecule is O=C(Nc1ccccc1Br)Nc1ccccc1-c1ccc(C(=O)O)cc1O. The highest BCUT2D eigenvalue weighted by atomic mass is 79.9. The highest BCUT2D eigenvalue weighted by Crippen LogP contribution is 2.35. The summed E-state index contributed by atoms with van der Waals surface area (Å²) < 4.78 is 0.746. The number of aromatic hydroxyl groups is 1. The largest absolute Gasteiger partial charge is 0.507 e. The number of carbonyl (C=O) groups excluding carboxylic acids is 1. The van der Waals surface area contributed by atoms with Crippen molar-refractivity contribution < 1.29 is 19.8 Å². The number of hydrogen-bond donors (Lipinski definition) is 4. The summed E-state index contributed by atoms with van der Waals surface area (Å²) in [6, 6.07) is 17.8. The predicted molar refractivity (Wildman–Crippen MR) is 107 cm³/mol. The predicted octanol–water partition coefficient (Wildman–Crippen LogP) is 5.16. The number of hydrogen-bond acceptors (Lipinski definition) is 3. The third kappa shape index (κ3) is 4.27. The summed E-state index contributed by atoms with van der Waals surface area (Å²) in [5, 5.41) is 24.7. The van der Waals surface area contributed by atoms with E-state index in [1.165, 1.54) is 18.2 Å². The van der Waals surface area contributed by atoms with Crippen LogP contribution in [0.3, 0.4) is 0 Å². The molecule has 0 aromatic heterocycles. The third-order valence-corrected chi connectivity index (χ3v) is 4.52. The smallest absolute Gasteiger partial charge is 0.335 e. The maximum Gasteiger partial charge on any atom is 0.335 e. The molecule has 27 heavy (non-hydrogen) atoms. The lowest BCUT2D eigenvalue weighted by Crippen LogP contribution is -2.20. The minimum Gasteiger partial charge on any atom is -0.507 e. The molecular weight excluding hydrogens is 412 g/mol. The number of benzene rings is 3. The Balaban J connectivity index is 1.87. The van der Waals surface area contributed by atoms with Crippen LogP contribution in [0.4, 0.5) is 16.2 Å². The zero-order valence-corrected chi connectivity index (χ0v) is 15.5. The van der Waals surface area contributed by atoms with Crippen LogP contribution in [0.15, 0.2) is 71.2 Å². The van der Waals surface area contributed by atoms with Crippen molar-refractivity contribution in [3.63, 3.8) is 0 Å². The second-order valence-corrected chi connectivity index (χ2v) is 6.50. The first kappa shape index (κ1) is 18.5. The molecule has 3 aromatic carbocycles. The third-order valence-electron chi connectivity index (χ3n) is 3.83. The monoisotopic (exact) mass is 426 g/mol. The zero-order valence-electron chi connectivity index (χ0n) is 13.9. The highest BCUT2D eigenvalue weighted by Gasteiger charge is 2.14. The van der Waals surface area contributed by atoms with Gasteiger partial charge in [0, 0.05) is 15.6 Å². The van der Waals surface area contributed by atoms with E-state index in [1.807, 2.05) is 12.1 Å². The van der Waals surface area contributed by atoms with Gasteiger partial charge in [-0.1, -0.05) is 30.3 Å². The molecule has 136 valence electrons. The van der Waals surface area contributed by atoms with E-state index in [1.54, 1.807) is 36.4 Å². The molecule has 0 atom stereocenters. The van der Waals surface area contributed by atoms with Crippen LogP contribution in [0.2, 0.25) is 0 Å². The van der Waals surface area contributed by atoms with E-state index in [0.717, 1.165) is 4.47 Å². The number of urea groups is 1. The number of aromatic carboxylic acids is 1. The summed E-state index contributed by atoms with van der Waals surface area (Å²) in [4.78, 5) is 23.4. The van der Waals surface area contributed by atoms with Crippen LogP contribution < -0.4 is 10.6 Å². The molecule has 0 spiro atoms. The number of anilines is 2. The highest BCUT2D eigenvalue weighted by molar-refractivity contribution is 9.10. The molecule has 0 unspecified atom stereocenters. The van der Waals surface area contributed by atoms with E-state index < -0.39 is 12.0 Å². The van der Waals surface area contributed by atoms with Crippen molar-refractivity contribution in [2.75, 3.05) is 10.6 Å². The molecule has 3 rings (SSSR count). The van der Waals surface area contributed by atoms with Gasteiger partial charge in [-0.2, -0.15) is 0 Å². The van der Waals surface area contributed by atoms with E-state index in [4.69, 9.17) is 5.11 Å². The average molecular weight is 427 g/mol. The minimum absolute atomic E-state index is 0.0200. The molecule has 7 heteroatoms. The lowest BCUT2D eigenvalue weighted by atomic mass is 10.0. The summed E-state index contributed by atoms with van der Waals surface area (Å²) >= 11 is 3.37. The summed E-state index contributed by atoms with van der Waals surface area (Å²) in [5.41, 5.74) is 2.04. The first-order chi connectivity index (χ1) is 13.0. The Bertz CT molecular complexity index is 1020. The molecule has 2 amide bonds.